The molecule has 1 fully saturated rings. The molecule has 0 amide bonds. The molecule has 0 aromatic heterocycles. The van der Waals surface area contributed by atoms with Gasteiger partial charge in [-0.15, -0.1) is 0 Å². The SMILES string of the molecule is CN=C(NC(C)CCc1ccccc1)NC1CCN(CC(F)(F)F)C1. The third-order valence-corrected chi connectivity index (χ3v) is 4.33. The van der Waals surface area contributed by atoms with Gasteiger partial charge in [0.2, 0.25) is 0 Å². The number of hydrogen-bond acceptors (Lipinski definition) is 2. The summed E-state index contributed by atoms with van der Waals surface area (Å²) in [6, 6.07) is 10.5. The highest BCUT2D eigenvalue weighted by Gasteiger charge is 2.34. The zero-order valence-electron chi connectivity index (χ0n) is 14.8. The number of alkyl halides is 3. The number of hydrogen-bond donors (Lipinski definition) is 2. The van der Waals surface area contributed by atoms with Crippen LogP contribution in [0.1, 0.15) is 25.3 Å². The molecule has 0 spiro atoms. The molecule has 1 aromatic carbocycles. The molecule has 0 radical (unpaired) electrons. The molecule has 140 valence electrons. The van der Waals surface area contributed by atoms with E-state index in [0.29, 0.717) is 25.5 Å². The number of nitrogens with zero attached hydrogens (tertiary/aromatic N) is 2. The van der Waals surface area contributed by atoms with Gasteiger partial charge in [0.1, 0.15) is 0 Å². The van der Waals surface area contributed by atoms with Gasteiger partial charge in [0, 0.05) is 32.2 Å². The lowest BCUT2D eigenvalue weighted by molar-refractivity contribution is -0.143. The average Bonchev–Trinajstić information content (AvgIpc) is 2.98. The predicted molar refractivity (Wildman–Crippen MR) is 94.8 cm³/mol. The van der Waals surface area contributed by atoms with Crippen LogP contribution >= 0.6 is 0 Å². The average molecular weight is 356 g/mol. The number of aryl methyl sites for hydroxylation is 1. The molecule has 2 rings (SSSR count). The highest BCUT2D eigenvalue weighted by Crippen LogP contribution is 2.19. The van der Waals surface area contributed by atoms with Crippen LogP contribution in [0.15, 0.2) is 35.3 Å². The van der Waals surface area contributed by atoms with Crippen molar-refractivity contribution in [3.63, 3.8) is 0 Å². The molecule has 2 N–H and O–H groups in total. The van der Waals surface area contributed by atoms with E-state index in [9.17, 15) is 13.2 Å². The fourth-order valence-electron chi connectivity index (χ4n) is 3.05. The molecule has 0 bridgehead atoms. The maximum atomic E-state index is 12.5. The van der Waals surface area contributed by atoms with E-state index in [1.807, 2.05) is 18.2 Å². The Morgan fingerprint density at radius 3 is 2.68 bits per heavy atom. The standard InChI is InChI=1S/C18H27F3N4/c1-14(8-9-15-6-4-3-5-7-15)23-17(22-2)24-16-10-11-25(12-16)13-18(19,20)21/h3-7,14,16H,8-13H2,1-2H3,(H2,22,23,24). The summed E-state index contributed by atoms with van der Waals surface area (Å²) in [5, 5.41) is 6.57. The Morgan fingerprint density at radius 1 is 1.32 bits per heavy atom. The fraction of sp³-hybridized carbons (Fsp3) is 0.611. The second kappa shape index (κ2) is 9.08. The first-order valence-electron chi connectivity index (χ1n) is 8.68. The minimum absolute atomic E-state index is 0.00475. The molecular formula is C18H27F3N4. The molecule has 1 saturated heterocycles. The van der Waals surface area contributed by atoms with Crippen molar-refractivity contribution >= 4 is 5.96 Å². The van der Waals surface area contributed by atoms with E-state index in [4.69, 9.17) is 0 Å². The van der Waals surface area contributed by atoms with E-state index >= 15 is 0 Å². The van der Waals surface area contributed by atoms with Crippen LogP contribution in [-0.4, -0.2) is 55.8 Å². The predicted octanol–water partition coefficient (Wildman–Crippen LogP) is 2.81. The lowest BCUT2D eigenvalue weighted by atomic mass is 10.1. The van der Waals surface area contributed by atoms with Gasteiger partial charge >= 0.3 is 6.18 Å². The van der Waals surface area contributed by atoms with Crippen LogP contribution in [0.4, 0.5) is 13.2 Å². The van der Waals surface area contributed by atoms with Crippen LogP contribution in [0.5, 0.6) is 0 Å². The Balaban J connectivity index is 1.73. The van der Waals surface area contributed by atoms with Crippen molar-refractivity contribution in [2.24, 2.45) is 4.99 Å². The first-order valence-corrected chi connectivity index (χ1v) is 8.68. The highest BCUT2D eigenvalue weighted by atomic mass is 19.4. The van der Waals surface area contributed by atoms with E-state index < -0.39 is 12.7 Å². The van der Waals surface area contributed by atoms with E-state index in [2.05, 4.69) is 34.7 Å². The fourth-order valence-corrected chi connectivity index (χ4v) is 3.05. The Hall–Kier alpha value is -1.76. The summed E-state index contributed by atoms with van der Waals surface area (Å²) >= 11 is 0. The number of nitrogens with one attached hydrogen (secondary N) is 2. The molecule has 1 aromatic rings. The molecule has 1 heterocycles. The molecule has 1 aliphatic rings. The summed E-state index contributed by atoms with van der Waals surface area (Å²) in [6.07, 6.45) is -1.53. The van der Waals surface area contributed by atoms with Crippen molar-refractivity contribution in [2.45, 2.75) is 44.4 Å². The number of halogens is 3. The van der Waals surface area contributed by atoms with Gasteiger partial charge in [0.25, 0.3) is 0 Å². The number of guanidine groups is 1. The Bertz CT molecular complexity index is 545. The summed E-state index contributed by atoms with van der Waals surface area (Å²) in [7, 11) is 1.68. The number of benzene rings is 1. The number of rotatable bonds is 6. The summed E-state index contributed by atoms with van der Waals surface area (Å²) in [4.78, 5) is 5.63. The zero-order chi connectivity index (χ0) is 18.3. The normalized spacial score (nSPS) is 20.5. The quantitative estimate of drug-likeness (QED) is 0.608. The third-order valence-electron chi connectivity index (χ3n) is 4.33. The molecular weight excluding hydrogens is 329 g/mol. The number of likely N-dealkylation sites (tertiary alicyclic amines) is 1. The molecule has 0 aliphatic carbocycles. The number of aliphatic imine (C=N–C) groups is 1. The van der Waals surface area contributed by atoms with Crippen molar-refractivity contribution in [1.29, 1.82) is 0 Å². The maximum Gasteiger partial charge on any atom is 0.401 e. The minimum Gasteiger partial charge on any atom is -0.354 e. The topological polar surface area (TPSA) is 39.7 Å². The molecule has 4 nitrogen and oxygen atoms in total. The van der Waals surface area contributed by atoms with Gasteiger partial charge in [-0.05, 0) is 31.7 Å². The van der Waals surface area contributed by atoms with Gasteiger partial charge in [0.15, 0.2) is 5.96 Å². The smallest absolute Gasteiger partial charge is 0.354 e. The Labute approximate surface area is 147 Å². The van der Waals surface area contributed by atoms with E-state index in [1.54, 1.807) is 7.05 Å². The van der Waals surface area contributed by atoms with Gasteiger partial charge in [-0.2, -0.15) is 13.2 Å². The lowest BCUT2D eigenvalue weighted by Crippen LogP contribution is -2.47. The van der Waals surface area contributed by atoms with Crippen LogP contribution in [0.25, 0.3) is 0 Å². The molecule has 2 unspecified atom stereocenters. The Kier molecular flexibility index (Phi) is 7.11. The monoisotopic (exact) mass is 356 g/mol. The van der Waals surface area contributed by atoms with Crippen molar-refractivity contribution in [3.8, 4) is 0 Å². The summed E-state index contributed by atoms with van der Waals surface area (Å²) in [5.74, 6) is 0.652. The minimum atomic E-state index is -4.14. The van der Waals surface area contributed by atoms with Crippen molar-refractivity contribution < 1.29 is 13.2 Å². The zero-order valence-corrected chi connectivity index (χ0v) is 14.8. The molecule has 1 aliphatic heterocycles. The van der Waals surface area contributed by atoms with Crippen molar-refractivity contribution in [1.82, 2.24) is 15.5 Å². The van der Waals surface area contributed by atoms with Gasteiger partial charge in [-0.1, -0.05) is 30.3 Å². The van der Waals surface area contributed by atoms with Crippen molar-refractivity contribution in [3.05, 3.63) is 35.9 Å². The highest BCUT2D eigenvalue weighted by molar-refractivity contribution is 5.80. The molecule has 25 heavy (non-hydrogen) atoms. The van der Waals surface area contributed by atoms with Crippen LogP contribution in [0.2, 0.25) is 0 Å². The summed E-state index contributed by atoms with van der Waals surface area (Å²) in [5.41, 5.74) is 1.29. The van der Waals surface area contributed by atoms with Crippen LogP contribution in [0, 0.1) is 0 Å². The molecule has 2 atom stereocenters. The summed E-state index contributed by atoms with van der Waals surface area (Å²) < 4.78 is 37.4. The van der Waals surface area contributed by atoms with Crippen molar-refractivity contribution in [2.75, 3.05) is 26.7 Å². The van der Waals surface area contributed by atoms with Crippen LogP contribution < -0.4 is 10.6 Å². The third kappa shape index (κ3) is 7.34. The van der Waals surface area contributed by atoms with E-state index in [1.165, 1.54) is 10.5 Å². The second-order valence-electron chi connectivity index (χ2n) is 6.62. The van der Waals surface area contributed by atoms with Gasteiger partial charge < -0.3 is 10.6 Å². The first-order chi connectivity index (χ1) is 11.9. The van der Waals surface area contributed by atoms with Gasteiger partial charge in [0.05, 0.1) is 6.54 Å². The maximum absolute atomic E-state index is 12.5. The largest absolute Gasteiger partial charge is 0.401 e. The van der Waals surface area contributed by atoms with E-state index in [0.717, 1.165) is 12.8 Å². The van der Waals surface area contributed by atoms with Crippen LogP contribution in [-0.2, 0) is 6.42 Å². The van der Waals surface area contributed by atoms with Gasteiger partial charge in [-0.25, -0.2) is 0 Å². The van der Waals surface area contributed by atoms with E-state index in [-0.39, 0.29) is 12.1 Å². The molecule has 0 saturated carbocycles. The second-order valence-corrected chi connectivity index (χ2v) is 6.62. The summed E-state index contributed by atoms with van der Waals surface area (Å²) in [6.45, 7) is 2.08. The van der Waals surface area contributed by atoms with Gasteiger partial charge in [-0.3, -0.25) is 9.89 Å². The Morgan fingerprint density at radius 2 is 2.04 bits per heavy atom. The lowest BCUT2D eigenvalue weighted by Gasteiger charge is -2.22. The first kappa shape index (κ1) is 19.6. The molecule has 7 heteroatoms. The van der Waals surface area contributed by atoms with Crippen LogP contribution in [0.3, 0.4) is 0 Å².